The van der Waals surface area contributed by atoms with Crippen LogP contribution in [0.3, 0.4) is 0 Å². The highest BCUT2D eigenvalue weighted by molar-refractivity contribution is 7.10. The Bertz CT molecular complexity index is 624. The first-order valence-electron chi connectivity index (χ1n) is 7.50. The molecule has 3 rings (SSSR count). The number of nitrogens with zero attached hydrogens (tertiary/aromatic N) is 2. The van der Waals surface area contributed by atoms with E-state index in [9.17, 15) is 10.1 Å². The van der Waals surface area contributed by atoms with E-state index in [0.717, 1.165) is 13.1 Å². The summed E-state index contributed by atoms with van der Waals surface area (Å²) in [4.78, 5) is 14.6. The fraction of sp³-hybridized carbons (Fsp3) is 0.375. The first kappa shape index (κ1) is 15.0. The van der Waals surface area contributed by atoms with E-state index >= 15 is 0 Å². The van der Waals surface area contributed by atoms with Crippen LogP contribution in [0.25, 0.3) is 0 Å². The van der Waals surface area contributed by atoms with Gasteiger partial charge in [0, 0.05) is 17.5 Å². The average Bonchev–Trinajstić information content (AvgIpc) is 3.21. The predicted octanol–water partition coefficient (Wildman–Crippen LogP) is 3.91. The molecule has 6 heteroatoms. The van der Waals surface area contributed by atoms with Gasteiger partial charge in [-0.05, 0) is 43.4 Å². The SMILES string of the molecule is O=[N+]([O-])c1ccccc1NCC(c1cccs1)N1CCCC1. The second kappa shape index (κ2) is 6.89. The minimum absolute atomic E-state index is 0.133. The number of benzene rings is 1. The van der Waals surface area contributed by atoms with Gasteiger partial charge in [0.25, 0.3) is 5.69 Å². The van der Waals surface area contributed by atoms with Crippen LogP contribution in [0.15, 0.2) is 41.8 Å². The number of nitrogens with one attached hydrogen (secondary N) is 1. The van der Waals surface area contributed by atoms with Crippen molar-refractivity contribution in [2.24, 2.45) is 0 Å². The first-order valence-corrected chi connectivity index (χ1v) is 8.38. The van der Waals surface area contributed by atoms with Crippen molar-refractivity contribution < 1.29 is 4.92 Å². The van der Waals surface area contributed by atoms with Crippen LogP contribution in [0, 0.1) is 10.1 Å². The van der Waals surface area contributed by atoms with E-state index in [1.54, 1.807) is 29.5 Å². The third-order valence-electron chi connectivity index (χ3n) is 4.04. The summed E-state index contributed by atoms with van der Waals surface area (Å²) in [7, 11) is 0. The molecular weight excluding hydrogens is 298 g/mol. The van der Waals surface area contributed by atoms with Gasteiger partial charge in [0.15, 0.2) is 0 Å². The third kappa shape index (κ3) is 3.28. The molecule has 1 aliphatic rings. The van der Waals surface area contributed by atoms with Crippen LogP contribution < -0.4 is 5.32 Å². The lowest BCUT2D eigenvalue weighted by molar-refractivity contribution is -0.384. The van der Waals surface area contributed by atoms with E-state index in [1.165, 1.54) is 17.7 Å². The Labute approximate surface area is 133 Å². The molecule has 0 saturated carbocycles. The van der Waals surface area contributed by atoms with Crippen molar-refractivity contribution in [1.82, 2.24) is 4.90 Å². The number of nitro groups is 1. The summed E-state index contributed by atoms with van der Waals surface area (Å²) in [6.07, 6.45) is 2.46. The number of para-hydroxylation sites is 2. The molecule has 0 aliphatic carbocycles. The molecule has 22 heavy (non-hydrogen) atoms. The molecule has 1 aromatic heterocycles. The lowest BCUT2D eigenvalue weighted by Crippen LogP contribution is -2.30. The van der Waals surface area contributed by atoms with Crippen molar-refractivity contribution in [2.75, 3.05) is 25.0 Å². The van der Waals surface area contributed by atoms with Crippen LogP contribution in [-0.2, 0) is 0 Å². The molecule has 1 atom stereocenters. The number of rotatable bonds is 6. The normalized spacial score (nSPS) is 16.5. The van der Waals surface area contributed by atoms with E-state index in [4.69, 9.17) is 0 Å². The third-order valence-corrected chi connectivity index (χ3v) is 5.01. The second-order valence-electron chi connectivity index (χ2n) is 5.43. The molecule has 1 aliphatic heterocycles. The molecule has 1 fully saturated rings. The Morgan fingerprint density at radius 1 is 1.23 bits per heavy atom. The van der Waals surface area contributed by atoms with Crippen LogP contribution in [0.1, 0.15) is 23.8 Å². The molecule has 5 nitrogen and oxygen atoms in total. The maximum atomic E-state index is 11.1. The molecule has 0 bridgehead atoms. The van der Waals surface area contributed by atoms with Crippen molar-refractivity contribution in [3.05, 3.63) is 56.8 Å². The Kier molecular flexibility index (Phi) is 4.70. The van der Waals surface area contributed by atoms with Crippen molar-refractivity contribution in [2.45, 2.75) is 18.9 Å². The van der Waals surface area contributed by atoms with Gasteiger partial charge in [0.2, 0.25) is 0 Å². The Hall–Kier alpha value is -1.92. The van der Waals surface area contributed by atoms with Crippen LogP contribution in [0.5, 0.6) is 0 Å². The second-order valence-corrected chi connectivity index (χ2v) is 6.41. The molecule has 1 aromatic carbocycles. The molecule has 2 heterocycles. The zero-order chi connectivity index (χ0) is 15.4. The standard InChI is InChI=1S/C16H19N3O2S/c20-19(21)14-7-2-1-6-13(14)17-12-15(16-8-5-11-22-16)18-9-3-4-10-18/h1-2,5-8,11,15,17H,3-4,9-10,12H2. The Balaban J connectivity index is 1.76. The van der Waals surface area contributed by atoms with Crippen molar-refractivity contribution in [1.29, 1.82) is 0 Å². The maximum absolute atomic E-state index is 11.1. The van der Waals surface area contributed by atoms with Gasteiger partial charge < -0.3 is 5.32 Å². The summed E-state index contributed by atoms with van der Waals surface area (Å²) in [6, 6.07) is 11.3. The number of thiophene rings is 1. The zero-order valence-corrected chi connectivity index (χ0v) is 13.1. The minimum atomic E-state index is -0.335. The summed E-state index contributed by atoms with van der Waals surface area (Å²) < 4.78 is 0. The predicted molar refractivity (Wildman–Crippen MR) is 89.5 cm³/mol. The van der Waals surface area contributed by atoms with Crippen LogP contribution >= 0.6 is 11.3 Å². The summed E-state index contributed by atoms with van der Waals surface area (Å²) in [5.74, 6) is 0. The van der Waals surface area contributed by atoms with E-state index in [1.807, 2.05) is 6.07 Å². The van der Waals surface area contributed by atoms with Crippen molar-refractivity contribution in [3.63, 3.8) is 0 Å². The van der Waals surface area contributed by atoms with Gasteiger partial charge in [-0.25, -0.2) is 0 Å². The summed E-state index contributed by atoms with van der Waals surface area (Å²) >= 11 is 1.75. The molecule has 1 unspecified atom stereocenters. The zero-order valence-electron chi connectivity index (χ0n) is 12.3. The van der Waals surface area contributed by atoms with Crippen LogP contribution in [-0.4, -0.2) is 29.5 Å². The molecule has 0 radical (unpaired) electrons. The monoisotopic (exact) mass is 317 g/mol. The van der Waals surface area contributed by atoms with Crippen molar-refractivity contribution >= 4 is 22.7 Å². The number of anilines is 1. The quantitative estimate of drug-likeness (QED) is 0.648. The number of nitro benzene ring substituents is 1. The Morgan fingerprint density at radius 3 is 2.68 bits per heavy atom. The van der Waals surface area contributed by atoms with Gasteiger partial charge in [-0.15, -0.1) is 11.3 Å². The lowest BCUT2D eigenvalue weighted by Gasteiger charge is -2.27. The highest BCUT2D eigenvalue weighted by Gasteiger charge is 2.24. The fourth-order valence-corrected chi connectivity index (χ4v) is 3.79. The molecule has 0 spiro atoms. The maximum Gasteiger partial charge on any atom is 0.292 e. The summed E-state index contributed by atoms with van der Waals surface area (Å²) in [5.41, 5.74) is 0.724. The highest BCUT2D eigenvalue weighted by Crippen LogP contribution is 2.30. The van der Waals surface area contributed by atoms with E-state index in [0.29, 0.717) is 12.2 Å². The molecule has 2 aromatic rings. The molecule has 116 valence electrons. The summed E-state index contributed by atoms with van der Waals surface area (Å²) in [5, 5.41) is 16.5. The molecule has 1 N–H and O–H groups in total. The van der Waals surface area contributed by atoms with E-state index < -0.39 is 0 Å². The summed E-state index contributed by atoms with van der Waals surface area (Å²) in [6.45, 7) is 2.88. The smallest absolute Gasteiger partial charge is 0.292 e. The molecular formula is C16H19N3O2S. The van der Waals surface area contributed by atoms with Gasteiger partial charge in [-0.2, -0.15) is 0 Å². The van der Waals surface area contributed by atoms with E-state index in [-0.39, 0.29) is 16.7 Å². The average molecular weight is 317 g/mol. The number of hydrogen-bond acceptors (Lipinski definition) is 5. The fourth-order valence-electron chi connectivity index (χ4n) is 2.93. The lowest BCUT2D eigenvalue weighted by atomic mass is 10.2. The van der Waals surface area contributed by atoms with Gasteiger partial charge in [0.05, 0.1) is 11.0 Å². The van der Waals surface area contributed by atoms with Gasteiger partial charge in [-0.1, -0.05) is 18.2 Å². The van der Waals surface area contributed by atoms with Gasteiger partial charge >= 0.3 is 0 Å². The molecule has 0 amide bonds. The molecule has 1 saturated heterocycles. The number of hydrogen-bond donors (Lipinski definition) is 1. The van der Waals surface area contributed by atoms with Gasteiger partial charge in [0.1, 0.15) is 5.69 Å². The Morgan fingerprint density at radius 2 is 2.00 bits per heavy atom. The van der Waals surface area contributed by atoms with Gasteiger partial charge in [-0.3, -0.25) is 15.0 Å². The largest absolute Gasteiger partial charge is 0.378 e. The van der Waals surface area contributed by atoms with Crippen LogP contribution in [0.2, 0.25) is 0 Å². The first-order chi connectivity index (χ1) is 10.8. The van der Waals surface area contributed by atoms with Crippen LogP contribution in [0.4, 0.5) is 11.4 Å². The highest BCUT2D eigenvalue weighted by atomic mass is 32.1. The topological polar surface area (TPSA) is 58.4 Å². The number of likely N-dealkylation sites (tertiary alicyclic amines) is 1. The minimum Gasteiger partial charge on any atom is -0.378 e. The van der Waals surface area contributed by atoms with Crippen molar-refractivity contribution in [3.8, 4) is 0 Å². The van der Waals surface area contributed by atoms with E-state index in [2.05, 4.69) is 27.7 Å².